The highest BCUT2D eigenvalue weighted by molar-refractivity contribution is 7.20. The number of rotatable bonds is 2. The van der Waals surface area contributed by atoms with Crippen molar-refractivity contribution < 1.29 is 4.79 Å². The summed E-state index contributed by atoms with van der Waals surface area (Å²) in [6, 6.07) is 8.73. The van der Waals surface area contributed by atoms with Gasteiger partial charge in [0.05, 0.1) is 16.4 Å². The van der Waals surface area contributed by atoms with Crippen molar-refractivity contribution in [1.82, 2.24) is 0 Å². The Kier molecular flexibility index (Phi) is 5.05. The Morgan fingerprint density at radius 2 is 2.15 bits per heavy atom. The summed E-state index contributed by atoms with van der Waals surface area (Å²) in [5.74, 6) is 5.36. The minimum absolute atomic E-state index is 0.291. The number of nitrogens with two attached hydrogens (primary N) is 1. The molecule has 0 spiro atoms. The molecule has 0 fully saturated rings. The van der Waals surface area contributed by atoms with Crippen LogP contribution in [-0.2, 0) is 0 Å². The number of benzene rings is 1. The molecule has 3 N–H and O–H groups in total. The Labute approximate surface area is 130 Å². The molecule has 1 heterocycles. The van der Waals surface area contributed by atoms with E-state index in [-0.39, 0.29) is 5.91 Å². The maximum absolute atomic E-state index is 12.1. The molecule has 1 amide bonds. The second-order valence-corrected chi connectivity index (χ2v) is 6.06. The minimum Gasteiger partial charge on any atom is -0.322 e. The number of hydrogen-bond donors (Lipinski definition) is 2. The number of carbonyl (C=O) groups is 1. The van der Waals surface area contributed by atoms with Crippen LogP contribution in [0, 0.1) is 11.8 Å². The summed E-state index contributed by atoms with van der Waals surface area (Å²) in [4.78, 5) is 12.1. The standard InChI is InChI=1S/C14H10Cl2N2OS/c15-12-8-11(13(16)20-12)14(19)18-10-5-1-3-9(7-10)4-2-6-17/h1,3,5,7-8H,6,17H2,(H,18,19). The van der Waals surface area contributed by atoms with Crippen molar-refractivity contribution in [3.8, 4) is 11.8 Å². The third kappa shape index (κ3) is 3.75. The Morgan fingerprint density at radius 1 is 1.35 bits per heavy atom. The van der Waals surface area contributed by atoms with E-state index < -0.39 is 0 Å². The second-order valence-electron chi connectivity index (χ2n) is 3.78. The average Bonchev–Trinajstić information content (AvgIpc) is 2.76. The third-order valence-corrected chi connectivity index (χ3v) is 3.84. The van der Waals surface area contributed by atoms with Gasteiger partial charge in [0.2, 0.25) is 0 Å². The van der Waals surface area contributed by atoms with Crippen molar-refractivity contribution in [1.29, 1.82) is 0 Å². The first-order chi connectivity index (χ1) is 9.60. The molecule has 102 valence electrons. The van der Waals surface area contributed by atoms with E-state index in [1.54, 1.807) is 24.3 Å². The highest BCUT2D eigenvalue weighted by atomic mass is 35.5. The van der Waals surface area contributed by atoms with Crippen LogP contribution in [-0.4, -0.2) is 12.5 Å². The van der Waals surface area contributed by atoms with Crippen LogP contribution in [0.2, 0.25) is 8.67 Å². The molecule has 0 atom stereocenters. The molecular formula is C14H10Cl2N2OS. The monoisotopic (exact) mass is 324 g/mol. The lowest BCUT2D eigenvalue weighted by Crippen LogP contribution is -2.11. The molecule has 0 aliphatic heterocycles. The molecule has 0 saturated heterocycles. The van der Waals surface area contributed by atoms with Crippen LogP contribution in [0.5, 0.6) is 0 Å². The van der Waals surface area contributed by atoms with E-state index in [4.69, 9.17) is 28.9 Å². The number of nitrogens with one attached hydrogen (secondary N) is 1. The summed E-state index contributed by atoms with van der Waals surface area (Å²) in [6.45, 7) is 0.291. The molecule has 0 aliphatic carbocycles. The highest BCUT2D eigenvalue weighted by Crippen LogP contribution is 2.31. The number of halogens is 2. The molecule has 1 aromatic heterocycles. The van der Waals surface area contributed by atoms with E-state index >= 15 is 0 Å². The fourth-order valence-electron chi connectivity index (χ4n) is 1.52. The van der Waals surface area contributed by atoms with Gasteiger partial charge in [0.15, 0.2) is 0 Å². The number of amides is 1. The van der Waals surface area contributed by atoms with Crippen molar-refractivity contribution in [3.05, 3.63) is 50.1 Å². The summed E-state index contributed by atoms with van der Waals surface area (Å²) in [7, 11) is 0. The topological polar surface area (TPSA) is 55.1 Å². The summed E-state index contributed by atoms with van der Waals surface area (Å²) in [5, 5.41) is 2.75. The molecular weight excluding hydrogens is 315 g/mol. The number of hydrogen-bond acceptors (Lipinski definition) is 3. The summed E-state index contributed by atoms with van der Waals surface area (Å²) in [5.41, 5.74) is 7.10. The third-order valence-electron chi connectivity index (χ3n) is 2.36. The molecule has 0 aliphatic rings. The predicted molar refractivity (Wildman–Crippen MR) is 84.7 cm³/mol. The smallest absolute Gasteiger partial charge is 0.258 e. The molecule has 3 nitrogen and oxygen atoms in total. The van der Waals surface area contributed by atoms with Gasteiger partial charge in [0, 0.05) is 11.3 Å². The van der Waals surface area contributed by atoms with Crippen molar-refractivity contribution in [2.45, 2.75) is 0 Å². The lowest BCUT2D eigenvalue weighted by atomic mass is 10.2. The van der Waals surface area contributed by atoms with E-state index in [1.807, 2.05) is 6.07 Å². The number of anilines is 1. The van der Waals surface area contributed by atoms with Crippen LogP contribution in [0.15, 0.2) is 30.3 Å². The molecule has 0 bridgehead atoms. The van der Waals surface area contributed by atoms with Crippen LogP contribution in [0.4, 0.5) is 5.69 Å². The Balaban J connectivity index is 2.17. The first-order valence-electron chi connectivity index (χ1n) is 5.65. The lowest BCUT2D eigenvalue weighted by Gasteiger charge is -2.04. The van der Waals surface area contributed by atoms with Gasteiger partial charge in [-0.3, -0.25) is 4.79 Å². The van der Waals surface area contributed by atoms with Crippen molar-refractivity contribution in [2.24, 2.45) is 5.73 Å². The SMILES string of the molecule is NCC#Cc1cccc(NC(=O)c2cc(Cl)sc2Cl)c1. The highest BCUT2D eigenvalue weighted by Gasteiger charge is 2.14. The van der Waals surface area contributed by atoms with Crippen LogP contribution in [0.3, 0.4) is 0 Å². The second kappa shape index (κ2) is 6.78. The van der Waals surface area contributed by atoms with Crippen LogP contribution in [0.1, 0.15) is 15.9 Å². The minimum atomic E-state index is -0.304. The maximum atomic E-state index is 12.1. The van der Waals surface area contributed by atoms with E-state index in [9.17, 15) is 4.79 Å². The van der Waals surface area contributed by atoms with Gasteiger partial charge < -0.3 is 11.1 Å². The first-order valence-corrected chi connectivity index (χ1v) is 7.22. The maximum Gasteiger partial charge on any atom is 0.258 e. The van der Waals surface area contributed by atoms with Gasteiger partial charge in [-0.2, -0.15) is 0 Å². The average molecular weight is 325 g/mol. The van der Waals surface area contributed by atoms with Gasteiger partial charge in [-0.05, 0) is 24.3 Å². The summed E-state index contributed by atoms with van der Waals surface area (Å²) >= 11 is 12.9. The lowest BCUT2D eigenvalue weighted by molar-refractivity contribution is 0.102. The van der Waals surface area contributed by atoms with E-state index in [0.717, 1.165) is 16.9 Å². The zero-order valence-electron chi connectivity index (χ0n) is 10.2. The molecule has 0 saturated carbocycles. The fourth-order valence-corrected chi connectivity index (χ4v) is 2.98. The fraction of sp³-hybridized carbons (Fsp3) is 0.0714. The van der Waals surface area contributed by atoms with Crippen LogP contribution < -0.4 is 11.1 Å². The molecule has 1 aromatic carbocycles. The predicted octanol–water partition coefficient (Wildman–Crippen LogP) is 3.62. The summed E-state index contributed by atoms with van der Waals surface area (Å²) in [6.07, 6.45) is 0. The van der Waals surface area contributed by atoms with Crippen LogP contribution in [0.25, 0.3) is 0 Å². The molecule has 0 radical (unpaired) electrons. The first kappa shape index (κ1) is 14.9. The Bertz CT molecular complexity index is 701. The van der Waals surface area contributed by atoms with Gasteiger partial charge in [-0.15, -0.1) is 11.3 Å². The quantitative estimate of drug-likeness (QED) is 0.829. The van der Waals surface area contributed by atoms with Gasteiger partial charge >= 0.3 is 0 Å². The van der Waals surface area contributed by atoms with E-state index in [0.29, 0.717) is 26.5 Å². The molecule has 2 aromatic rings. The van der Waals surface area contributed by atoms with E-state index in [1.165, 1.54) is 0 Å². The normalized spacial score (nSPS) is 9.75. The molecule has 2 rings (SSSR count). The zero-order valence-corrected chi connectivity index (χ0v) is 12.6. The number of carbonyl (C=O) groups excluding carboxylic acids is 1. The van der Waals surface area contributed by atoms with E-state index in [2.05, 4.69) is 17.2 Å². The molecule has 0 unspecified atom stereocenters. The van der Waals surface area contributed by atoms with Gasteiger partial charge in [-0.25, -0.2) is 0 Å². The van der Waals surface area contributed by atoms with Crippen molar-refractivity contribution in [3.63, 3.8) is 0 Å². The Hall–Kier alpha value is -1.51. The molecule has 6 heteroatoms. The summed E-state index contributed by atoms with van der Waals surface area (Å²) < 4.78 is 0.842. The van der Waals surface area contributed by atoms with Crippen molar-refractivity contribution in [2.75, 3.05) is 11.9 Å². The number of thiophene rings is 1. The molecule has 20 heavy (non-hydrogen) atoms. The van der Waals surface area contributed by atoms with Crippen LogP contribution >= 0.6 is 34.5 Å². The Morgan fingerprint density at radius 3 is 2.80 bits per heavy atom. The zero-order chi connectivity index (χ0) is 14.5. The largest absolute Gasteiger partial charge is 0.322 e. The van der Waals surface area contributed by atoms with Crippen molar-refractivity contribution >= 4 is 46.1 Å². The van der Waals surface area contributed by atoms with Gasteiger partial charge in [-0.1, -0.05) is 41.1 Å². The van der Waals surface area contributed by atoms with Gasteiger partial charge in [0.1, 0.15) is 4.34 Å². The van der Waals surface area contributed by atoms with Gasteiger partial charge in [0.25, 0.3) is 5.91 Å².